The molecule has 2 heteroatoms. The first-order chi connectivity index (χ1) is 7.79. The normalized spacial score (nSPS) is 31.7. The van der Waals surface area contributed by atoms with Crippen molar-refractivity contribution in [3.05, 3.63) is 0 Å². The minimum absolute atomic E-state index is 0.744. The van der Waals surface area contributed by atoms with Gasteiger partial charge in [0.1, 0.15) is 0 Å². The maximum Gasteiger partial charge on any atom is 0.0220 e. The zero-order valence-corrected chi connectivity index (χ0v) is 11.0. The van der Waals surface area contributed by atoms with Crippen molar-refractivity contribution in [2.75, 3.05) is 26.2 Å². The minimum Gasteiger partial charge on any atom is -0.312 e. The van der Waals surface area contributed by atoms with Crippen LogP contribution in [0.4, 0.5) is 0 Å². The standard InChI is InChI=1S/C14H28N2/c1-3-16(10-13-7-4-8-13)11-14-12(2)6-5-9-15-14/h12-15H,3-11H2,1-2H3. The Bertz CT molecular complexity index is 201. The van der Waals surface area contributed by atoms with Gasteiger partial charge in [-0.25, -0.2) is 0 Å². The zero-order chi connectivity index (χ0) is 11.4. The zero-order valence-electron chi connectivity index (χ0n) is 11.0. The number of hydrogen-bond acceptors (Lipinski definition) is 2. The summed E-state index contributed by atoms with van der Waals surface area (Å²) in [6.07, 6.45) is 7.21. The molecule has 1 N–H and O–H groups in total. The van der Waals surface area contributed by atoms with Crippen LogP contribution in [0.1, 0.15) is 46.0 Å². The van der Waals surface area contributed by atoms with E-state index in [1.807, 2.05) is 0 Å². The smallest absolute Gasteiger partial charge is 0.0220 e. The summed E-state index contributed by atoms with van der Waals surface area (Å²) in [6, 6.07) is 0.744. The molecule has 0 aromatic heterocycles. The lowest BCUT2D eigenvalue weighted by Gasteiger charge is -2.37. The van der Waals surface area contributed by atoms with E-state index in [1.54, 1.807) is 0 Å². The Morgan fingerprint density at radius 3 is 2.50 bits per heavy atom. The molecule has 2 aliphatic rings. The van der Waals surface area contributed by atoms with Gasteiger partial charge in [0.2, 0.25) is 0 Å². The molecular weight excluding hydrogens is 196 g/mol. The van der Waals surface area contributed by atoms with Crippen LogP contribution in [0.15, 0.2) is 0 Å². The lowest BCUT2D eigenvalue weighted by Crippen LogP contribution is -2.49. The average Bonchev–Trinajstić information content (AvgIpc) is 2.24. The molecule has 1 aliphatic heterocycles. The van der Waals surface area contributed by atoms with E-state index < -0.39 is 0 Å². The summed E-state index contributed by atoms with van der Waals surface area (Å²) >= 11 is 0. The summed E-state index contributed by atoms with van der Waals surface area (Å²) < 4.78 is 0. The highest BCUT2D eigenvalue weighted by Gasteiger charge is 2.25. The SMILES string of the molecule is CCN(CC1CCC1)CC1NCCCC1C. The van der Waals surface area contributed by atoms with Gasteiger partial charge in [-0.05, 0) is 50.6 Å². The van der Waals surface area contributed by atoms with E-state index in [0.717, 1.165) is 17.9 Å². The maximum atomic E-state index is 3.70. The van der Waals surface area contributed by atoms with E-state index in [2.05, 4.69) is 24.1 Å². The molecule has 2 fully saturated rings. The largest absolute Gasteiger partial charge is 0.312 e. The van der Waals surface area contributed by atoms with E-state index in [4.69, 9.17) is 0 Å². The first-order valence-corrected chi connectivity index (χ1v) is 7.25. The first-order valence-electron chi connectivity index (χ1n) is 7.25. The van der Waals surface area contributed by atoms with Crippen LogP contribution in [0.5, 0.6) is 0 Å². The lowest BCUT2D eigenvalue weighted by molar-refractivity contribution is 0.147. The third kappa shape index (κ3) is 3.21. The number of piperidine rings is 1. The molecule has 1 saturated heterocycles. The molecule has 1 aliphatic carbocycles. The number of likely N-dealkylation sites (N-methyl/N-ethyl adjacent to an activating group) is 1. The van der Waals surface area contributed by atoms with Crippen LogP contribution in [0.3, 0.4) is 0 Å². The van der Waals surface area contributed by atoms with Crippen molar-refractivity contribution in [2.45, 2.75) is 52.0 Å². The molecule has 0 aromatic rings. The summed E-state index contributed by atoms with van der Waals surface area (Å²) in [5, 5.41) is 3.70. The van der Waals surface area contributed by atoms with Crippen molar-refractivity contribution in [1.82, 2.24) is 10.2 Å². The Kier molecular flexibility index (Phi) is 4.66. The molecule has 2 rings (SSSR count). The summed E-state index contributed by atoms with van der Waals surface area (Å²) in [5.74, 6) is 1.88. The van der Waals surface area contributed by atoms with Crippen LogP contribution in [-0.2, 0) is 0 Å². The third-order valence-electron chi connectivity index (χ3n) is 4.57. The molecule has 2 atom stereocenters. The Hall–Kier alpha value is -0.0800. The van der Waals surface area contributed by atoms with Gasteiger partial charge < -0.3 is 10.2 Å². The molecule has 94 valence electrons. The monoisotopic (exact) mass is 224 g/mol. The third-order valence-corrected chi connectivity index (χ3v) is 4.57. The summed E-state index contributed by atoms with van der Waals surface area (Å²) in [4.78, 5) is 2.67. The van der Waals surface area contributed by atoms with Gasteiger partial charge in [0.15, 0.2) is 0 Å². The molecule has 0 aromatic carbocycles. The second-order valence-corrected chi connectivity index (χ2v) is 5.83. The van der Waals surface area contributed by atoms with Crippen molar-refractivity contribution in [1.29, 1.82) is 0 Å². The van der Waals surface area contributed by atoms with Crippen LogP contribution in [0.25, 0.3) is 0 Å². The highest BCUT2D eigenvalue weighted by Crippen LogP contribution is 2.27. The van der Waals surface area contributed by atoms with Gasteiger partial charge in [0, 0.05) is 19.1 Å². The van der Waals surface area contributed by atoms with Gasteiger partial charge in [-0.1, -0.05) is 20.3 Å². The van der Waals surface area contributed by atoms with Crippen LogP contribution >= 0.6 is 0 Å². The molecule has 0 bridgehead atoms. The van der Waals surface area contributed by atoms with Gasteiger partial charge in [0.25, 0.3) is 0 Å². The van der Waals surface area contributed by atoms with E-state index in [1.165, 1.54) is 58.3 Å². The Balaban J connectivity index is 1.75. The van der Waals surface area contributed by atoms with Crippen LogP contribution < -0.4 is 5.32 Å². The van der Waals surface area contributed by atoms with Crippen LogP contribution in [-0.4, -0.2) is 37.1 Å². The van der Waals surface area contributed by atoms with E-state index >= 15 is 0 Å². The quantitative estimate of drug-likeness (QED) is 0.772. The molecule has 2 nitrogen and oxygen atoms in total. The molecule has 0 amide bonds. The predicted molar refractivity (Wildman–Crippen MR) is 69.6 cm³/mol. The molecule has 1 saturated carbocycles. The second kappa shape index (κ2) is 6.02. The lowest BCUT2D eigenvalue weighted by atomic mass is 9.84. The Morgan fingerprint density at radius 2 is 1.94 bits per heavy atom. The summed E-state index contributed by atoms with van der Waals surface area (Å²) in [5.41, 5.74) is 0. The van der Waals surface area contributed by atoms with E-state index in [9.17, 15) is 0 Å². The fraction of sp³-hybridized carbons (Fsp3) is 1.00. The maximum absolute atomic E-state index is 3.70. The highest BCUT2D eigenvalue weighted by molar-refractivity contribution is 4.83. The number of nitrogens with one attached hydrogen (secondary N) is 1. The van der Waals surface area contributed by atoms with Crippen molar-refractivity contribution >= 4 is 0 Å². The Labute approximate surface area is 101 Å². The number of hydrogen-bond donors (Lipinski definition) is 1. The predicted octanol–water partition coefficient (Wildman–Crippen LogP) is 2.50. The molecule has 2 unspecified atom stereocenters. The topological polar surface area (TPSA) is 15.3 Å². The van der Waals surface area contributed by atoms with Gasteiger partial charge >= 0.3 is 0 Å². The van der Waals surface area contributed by atoms with Gasteiger partial charge in [-0.3, -0.25) is 0 Å². The van der Waals surface area contributed by atoms with Gasteiger partial charge in [0.05, 0.1) is 0 Å². The second-order valence-electron chi connectivity index (χ2n) is 5.83. The van der Waals surface area contributed by atoms with Crippen LogP contribution in [0, 0.1) is 11.8 Å². The average molecular weight is 224 g/mol. The van der Waals surface area contributed by atoms with Crippen molar-refractivity contribution < 1.29 is 0 Å². The van der Waals surface area contributed by atoms with Gasteiger partial charge in [-0.2, -0.15) is 0 Å². The molecule has 16 heavy (non-hydrogen) atoms. The molecule has 0 radical (unpaired) electrons. The minimum atomic E-state index is 0.744. The summed E-state index contributed by atoms with van der Waals surface area (Å²) in [7, 11) is 0. The van der Waals surface area contributed by atoms with E-state index in [0.29, 0.717) is 0 Å². The molecule has 0 spiro atoms. The molecule has 1 heterocycles. The van der Waals surface area contributed by atoms with Crippen molar-refractivity contribution in [3.8, 4) is 0 Å². The highest BCUT2D eigenvalue weighted by atomic mass is 15.2. The summed E-state index contributed by atoms with van der Waals surface area (Å²) in [6.45, 7) is 9.80. The fourth-order valence-corrected chi connectivity index (χ4v) is 3.01. The molecular formula is C14H28N2. The number of nitrogens with zero attached hydrogens (tertiary/aromatic N) is 1. The van der Waals surface area contributed by atoms with E-state index in [-0.39, 0.29) is 0 Å². The first kappa shape index (κ1) is 12.4. The van der Waals surface area contributed by atoms with Crippen LogP contribution in [0.2, 0.25) is 0 Å². The van der Waals surface area contributed by atoms with Crippen molar-refractivity contribution in [2.24, 2.45) is 11.8 Å². The van der Waals surface area contributed by atoms with Crippen molar-refractivity contribution in [3.63, 3.8) is 0 Å². The fourth-order valence-electron chi connectivity index (χ4n) is 3.01. The number of rotatable bonds is 5. The Morgan fingerprint density at radius 1 is 1.12 bits per heavy atom. The van der Waals surface area contributed by atoms with Gasteiger partial charge in [-0.15, -0.1) is 0 Å².